The number of fused-ring (bicyclic) bond motifs is 2. The molecule has 0 unspecified atom stereocenters. The third kappa shape index (κ3) is 2.25. The molecule has 0 saturated heterocycles. The molecule has 0 atom stereocenters. The molecule has 2 N–H and O–H groups in total. The van der Waals surface area contributed by atoms with Crippen LogP contribution in [0.2, 0.25) is 0 Å². The number of anilines is 1. The molecule has 0 spiro atoms. The number of hydrogen-bond acceptors (Lipinski definition) is 4. The lowest BCUT2D eigenvalue weighted by molar-refractivity contribution is 0.100. The summed E-state index contributed by atoms with van der Waals surface area (Å²) in [4.78, 5) is 25.8. The Balaban J connectivity index is 2.37. The van der Waals surface area contributed by atoms with Crippen molar-refractivity contribution >= 4 is 43.1 Å². The van der Waals surface area contributed by atoms with E-state index in [1.54, 1.807) is 18.2 Å². The van der Waals surface area contributed by atoms with Gasteiger partial charge in [-0.3, -0.25) is 9.59 Å². The molecule has 1 heterocycles. The summed E-state index contributed by atoms with van der Waals surface area (Å²) in [6.45, 7) is 0. The molecule has 3 rings (SSSR count). The van der Waals surface area contributed by atoms with Gasteiger partial charge in [0.05, 0.1) is 0 Å². The van der Waals surface area contributed by atoms with Crippen LogP contribution in [-0.4, -0.2) is 20.0 Å². The normalized spacial score (nSPS) is 11.0. The van der Waals surface area contributed by atoms with Crippen molar-refractivity contribution in [3.8, 4) is 0 Å². The smallest absolute Gasteiger partial charge is 0.248 e. The first-order valence-corrected chi connectivity index (χ1v) is 7.27. The Morgan fingerprint density at radius 1 is 1.05 bits per heavy atom. The molecule has 4 nitrogen and oxygen atoms in total. The molecule has 5 heteroatoms. The topological polar surface area (TPSA) is 63.4 Å². The first kappa shape index (κ1) is 13.6. The number of hydrogen-bond donors (Lipinski definition) is 1. The van der Waals surface area contributed by atoms with Crippen molar-refractivity contribution in [3.63, 3.8) is 0 Å². The van der Waals surface area contributed by atoms with Gasteiger partial charge in [-0.25, -0.2) is 0 Å². The molecule has 2 aromatic carbocycles. The van der Waals surface area contributed by atoms with Crippen LogP contribution in [0, 0.1) is 0 Å². The largest absolute Gasteiger partial charge is 0.378 e. The molecule has 1 aromatic heterocycles. The molecule has 0 fully saturated rings. The van der Waals surface area contributed by atoms with Gasteiger partial charge in [0.25, 0.3) is 0 Å². The highest BCUT2D eigenvalue weighted by molar-refractivity contribution is 7.24. The monoisotopic (exact) mass is 298 g/mol. The number of rotatable bonds is 2. The number of benzene rings is 2. The molecular weight excluding hydrogens is 284 g/mol. The molecule has 0 saturated carbocycles. The van der Waals surface area contributed by atoms with Crippen molar-refractivity contribution in [2.45, 2.75) is 0 Å². The van der Waals surface area contributed by atoms with Gasteiger partial charge in [0.1, 0.15) is 0 Å². The van der Waals surface area contributed by atoms with E-state index in [1.165, 1.54) is 11.3 Å². The number of primary amides is 1. The Kier molecular flexibility index (Phi) is 3.14. The summed E-state index contributed by atoms with van der Waals surface area (Å²) in [5.74, 6) is -0.486. The second-order valence-electron chi connectivity index (χ2n) is 5.08. The Morgan fingerprint density at radius 3 is 2.48 bits per heavy atom. The minimum Gasteiger partial charge on any atom is -0.378 e. The second-order valence-corrected chi connectivity index (χ2v) is 6.17. The fourth-order valence-corrected chi connectivity index (χ4v) is 3.36. The van der Waals surface area contributed by atoms with Crippen LogP contribution in [0.5, 0.6) is 0 Å². The van der Waals surface area contributed by atoms with Crippen molar-refractivity contribution in [1.29, 1.82) is 0 Å². The van der Waals surface area contributed by atoms with Crippen molar-refractivity contribution in [3.05, 3.63) is 52.2 Å². The molecule has 3 aromatic rings. The van der Waals surface area contributed by atoms with Crippen LogP contribution in [0.4, 0.5) is 5.69 Å². The lowest BCUT2D eigenvalue weighted by Gasteiger charge is -2.12. The first-order valence-electron chi connectivity index (χ1n) is 6.45. The van der Waals surface area contributed by atoms with Gasteiger partial charge < -0.3 is 10.6 Å². The van der Waals surface area contributed by atoms with Gasteiger partial charge in [0, 0.05) is 45.5 Å². The quantitative estimate of drug-likeness (QED) is 0.740. The Bertz CT molecular complexity index is 929. The van der Waals surface area contributed by atoms with Gasteiger partial charge >= 0.3 is 0 Å². The lowest BCUT2D eigenvalue weighted by atomic mass is 10.1. The van der Waals surface area contributed by atoms with E-state index in [9.17, 15) is 9.59 Å². The number of nitrogens with zero attached hydrogens (tertiary/aromatic N) is 1. The van der Waals surface area contributed by atoms with Crippen molar-refractivity contribution in [1.82, 2.24) is 0 Å². The molecule has 0 radical (unpaired) electrons. The van der Waals surface area contributed by atoms with Gasteiger partial charge in [-0.2, -0.15) is 0 Å². The summed E-state index contributed by atoms with van der Waals surface area (Å²) in [6, 6.07) is 10.8. The van der Waals surface area contributed by atoms with Crippen LogP contribution in [0.3, 0.4) is 0 Å². The SMILES string of the molecule is CN(C)c1ccc2sc3cc(C(N)=O)ccc3c(=O)c2c1. The van der Waals surface area contributed by atoms with Crippen molar-refractivity contribution in [2.75, 3.05) is 19.0 Å². The molecule has 106 valence electrons. The van der Waals surface area contributed by atoms with Crippen LogP contribution in [0.1, 0.15) is 10.4 Å². The van der Waals surface area contributed by atoms with E-state index in [2.05, 4.69) is 0 Å². The van der Waals surface area contributed by atoms with E-state index in [1.807, 2.05) is 37.2 Å². The van der Waals surface area contributed by atoms with Crippen LogP contribution in [0.25, 0.3) is 20.2 Å². The first-order chi connectivity index (χ1) is 9.97. The highest BCUT2D eigenvalue weighted by Crippen LogP contribution is 2.27. The number of nitrogens with two attached hydrogens (primary N) is 1. The highest BCUT2D eigenvalue weighted by atomic mass is 32.1. The fraction of sp³-hybridized carbons (Fsp3) is 0.125. The summed E-state index contributed by atoms with van der Waals surface area (Å²) in [5, 5.41) is 1.32. The molecule has 0 bridgehead atoms. The summed E-state index contributed by atoms with van der Waals surface area (Å²) in [6.07, 6.45) is 0. The average molecular weight is 298 g/mol. The third-order valence-corrected chi connectivity index (χ3v) is 4.59. The number of amides is 1. The number of carbonyl (C=O) groups is 1. The maximum Gasteiger partial charge on any atom is 0.248 e. The van der Waals surface area contributed by atoms with Crippen molar-refractivity contribution in [2.24, 2.45) is 5.73 Å². The van der Waals surface area contributed by atoms with Crippen LogP contribution in [-0.2, 0) is 0 Å². The second kappa shape index (κ2) is 4.86. The van der Waals surface area contributed by atoms with E-state index >= 15 is 0 Å². The average Bonchev–Trinajstić information content (AvgIpc) is 2.46. The molecular formula is C16H14N2O2S. The van der Waals surface area contributed by atoms with Gasteiger partial charge in [0.15, 0.2) is 5.43 Å². The Morgan fingerprint density at radius 2 is 1.81 bits per heavy atom. The summed E-state index contributed by atoms with van der Waals surface area (Å²) < 4.78 is 1.68. The lowest BCUT2D eigenvalue weighted by Crippen LogP contribution is -2.11. The third-order valence-electron chi connectivity index (χ3n) is 3.45. The van der Waals surface area contributed by atoms with E-state index < -0.39 is 5.91 Å². The summed E-state index contributed by atoms with van der Waals surface area (Å²) >= 11 is 1.49. The zero-order valence-corrected chi connectivity index (χ0v) is 12.5. The zero-order chi connectivity index (χ0) is 15.1. The van der Waals surface area contributed by atoms with Gasteiger partial charge in [-0.1, -0.05) is 0 Å². The molecule has 21 heavy (non-hydrogen) atoms. The molecule has 0 aliphatic rings. The van der Waals surface area contributed by atoms with Crippen LogP contribution >= 0.6 is 11.3 Å². The predicted octanol–water partition coefficient (Wildman–Crippen LogP) is 2.58. The standard InChI is InChI=1S/C16H14N2O2S/c1-18(2)10-4-6-13-12(8-10)15(19)11-5-3-9(16(17)20)7-14(11)21-13/h3-8H,1-2H3,(H2,17,20). The summed E-state index contributed by atoms with van der Waals surface area (Å²) in [7, 11) is 3.88. The van der Waals surface area contributed by atoms with E-state index in [0.717, 1.165) is 15.1 Å². The molecule has 1 amide bonds. The Hall–Kier alpha value is -2.40. The fourth-order valence-electron chi connectivity index (χ4n) is 2.27. The van der Waals surface area contributed by atoms with Gasteiger partial charge in [-0.15, -0.1) is 11.3 Å². The maximum absolute atomic E-state index is 12.6. The Labute approximate surface area is 125 Å². The molecule has 0 aliphatic heterocycles. The van der Waals surface area contributed by atoms with Gasteiger partial charge in [-0.05, 0) is 36.4 Å². The molecule has 0 aliphatic carbocycles. The number of carbonyl (C=O) groups excluding carboxylic acids is 1. The van der Waals surface area contributed by atoms with E-state index in [0.29, 0.717) is 16.3 Å². The minimum atomic E-state index is -0.486. The maximum atomic E-state index is 12.6. The highest BCUT2D eigenvalue weighted by Gasteiger charge is 2.09. The van der Waals surface area contributed by atoms with Crippen molar-refractivity contribution < 1.29 is 4.79 Å². The van der Waals surface area contributed by atoms with Gasteiger partial charge in [0.2, 0.25) is 5.91 Å². The van der Waals surface area contributed by atoms with Crippen LogP contribution in [0.15, 0.2) is 41.2 Å². The van der Waals surface area contributed by atoms with Crippen LogP contribution < -0.4 is 16.1 Å². The summed E-state index contributed by atoms with van der Waals surface area (Å²) in [5.41, 5.74) is 6.68. The van der Waals surface area contributed by atoms with E-state index in [4.69, 9.17) is 5.73 Å². The predicted molar refractivity (Wildman–Crippen MR) is 88.4 cm³/mol. The minimum absolute atomic E-state index is 0.0153. The zero-order valence-electron chi connectivity index (χ0n) is 11.7. The van der Waals surface area contributed by atoms with E-state index in [-0.39, 0.29) is 5.43 Å².